The summed E-state index contributed by atoms with van der Waals surface area (Å²) in [6, 6.07) is 21.5. The van der Waals surface area contributed by atoms with Gasteiger partial charge in [-0.3, -0.25) is 0 Å². The molecule has 0 spiro atoms. The van der Waals surface area contributed by atoms with Gasteiger partial charge in [-0.05, 0) is 66.4 Å². The minimum absolute atomic E-state index is 0.275. The minimum atomic E-state index is -0.441. The van der Waals surface area contributed by atoms with Crippen molar-refractivity contribution in [1.29, 1.82) is 5.26 Å². The quantitative estimate of drug-likeness (QED) is 0.252. The van der Waals surface area contributed by atoms with Crippen LogP contribution in [-0.2, 0) is 31.2 Å². The Balaban J connectivity index is 1.38. The van der Waals surface area contributed by atoms with Crippen molar-refractivity contribution in [3.8, 4) is 29.0 Å². The third-order valence-electron chi connectivity index (χ3n) is 7.42. The summed E-state index contributed by atoms with van der Waals surface area (Å²) < 4.78 is 34.6. The fourth-order valence-corrected chi connectivity index (χ4v) is 5.18. The predicted octanol–water partition coefficient (Wildman–Crippen LogP) is 5.93. The molecule has 6 bridgehead atoms. The van der Waals surface area contributed by atoms with Crippen LogP contribution in [0.25, 0.3) is 22.3 Å². The first-order chi connectivity index (χ1) is 20.4. The lowest BCUT2D eigenvalue weighted by Gasteiger charge is -2.15. The van der Waals surface area contributed by atoms with Crippen molar-refractivity contribution < 1.29 is 23.4 Å². The van der Waals surface area contributed by atoms with E-state index < -0.39 is 11.8 Å². The number of halogens is 1. The predicted molar refractivity (Wildman–Crippen MR) is 154 cm³/mol. The number of benzene rings is 3. The molecular formula is C33H27FN4O4. The van der Waals surface area contributed by atoms with Gasteiger partial charge in [-0.25, -0.2) is 19.2 Å². The van der Waals surface area contributed by atoms with Crippen LogP contribution in [0, 0.1) is 17.1 Å². The second kappa shape index (κ2) is 11.3. The highest BCUT2D eigenvalue weighted by Crippen LogP contribution is 2.33. The van der Waals surface area contributed by atoms with Crippen molar-refractivity contribution in [3.05, 3.63) is 106 Å². The number of methoxy groups -OCH3 is 1. The number of rotatable bonds is 3. The third kappa shape index (κ3) is 5.27. The van der Waals surface area contributed by atoms with E-state index in [1.807, 2.05) is 23.7 Å². The highest BCUT2D eigenvalue weighted by atomic mass is 19.1. The second-order valence-corrected chi connectivity index (χ2v) is 10.1. The Hall–Kier alpha value is -5.23. The number of carbonyl (C=O) groups excluding carboxylic acids is 1. The van der Waals surface area contributed by atoms with E-state index in [1.54, 1.807) is 48.5 Å². The first-order valence-electron chi connectivity index (χ1n) is 13.5. The zero-order valence-electron chi connectivity index (χ0n) is 23.2. The number of hydrogen-bond acceptors (Lipinski definition) is 7. The van der Waals surface area contributed by atoms with Gasteiger partial charge in [-0.1, -0.05) is 18.2 Å². The molecule has 3 heterocycles. The standard InChI is InChI=1S/C33H27FN4O4/c1-38-29-15-22(33(39)40-2)10-11-28(29)36-31(38)16-24-14-26(34)25-17-30(24)41-12-4-5-21-13-20(8-9-23(21)18-35)19-42-32-7-3-6-27(25)37-32/h3,6-11,13-15,17H,4-5,12,16,19H2,1-2H3. The molecule has 3 aromatic carbocycles. The fraction of sp³-hybridized carbons (Fsp3) is 0.212. The molecule has 0 N–H and O–H groups in total. The summed E-state index contributed by atoms with van der Waals surface area (Å²) in [6.07, 6.45) is 1.58. The Kier molecular flexibility index (Phi) is 7.28. The molecule has 6 rings (SSSR count). The van der Waals surface area contributed by atoms with E-state index in [1.165, 1.54) is 13.2 Å². The molecule has 8 nitrogen and oxygen atoms in total. The molecule has 0 aliphatic carbocycles. The van der Waals surface area contributed by atoms with Crippen LogP contribution in [0.5, 0.6) is 11.6 Å². The Morgan fingerprint density at radius 2 is 1.98 bits per heavy atom. The summed E-state index contributed by atoms with van der Waals surface area (Å²) in [7, 11) is 3.20. The summed E-state index contributed by atoms with van der Waals surface area (Å²) in [5.74, 6) is 0.693. The number of pyridine rings is 1. The molecule has 210 valence electrons. The van der Waals surface area contributed by atoms with E-state index in [0.717, 1.165) is 16.6 Å². The Morgan fingerprint density at radius 3 is 2.81 bits per heavy atom. The molecular weight excluding hydrogens is 535 g/mol. The van der Waals surface area contributed by atoms with E-state index in [-0.39, 0.29) is 6.61 Å². The topological polar surface area (TPSA) is 99.3 Å². The van der Waals surface area contributed by atoms with Gasteiger partial charge in [-0.2, -0.15) is 5.26 Å². The molecule has 0 saturated heterocycles. The van der Waals surface area contributed by atoms with Gasteiger partial charge in [0.1, 0.15) is 24.0 Å². The molecule has 2 aromatic heterocycles. The molecule has 0 fully saturated rings. The van der Waals surface area contributed by atoms with Gasteiger partial charge in [0, 0.05) is 30.7 Å². The van der Waals surface area contributed by atoms with Gasteiger partial charge >= 0.3 is 5.97 Å². The number of fused-ring (bicyclic) bond motifs is 8. The summed E-state index contributed by atoms with van der Waals surface area (Å²) in [5.41, 5.74) is 5.70. The van der Waals surface area contributed by atoms with Crippen LogP contribution in [0.2, 0.25) is 0 Å². The number of aryl methyl sites for hydroxylation is 2. The molecule has 42 heavy (non-hydrogen) atoms. The number of ether oxygens (including phenoxy) is 3. The fourth-order valence-electron chi connectivity index (χ4n) is 5.18. The monoisotopic (exact) mass is 562 g/mol. The van der Waals surface area contributed by atoms with E-state index >= 15 is 4.39 Å². The van der Waals surface area contributed by atoms with Gasteiger partial charge in [0.2, 0.25) is 5.88 Å². The maximum absolute atomic E-state index is 15.7. The number of nitriles is 1. The van der Waals surface area contributed by atoms with E-state index in [2.05, 4.69) is 11.1 Å². The average Bonchev–Trinajstić information content (AvgIpc) is 3.32. The van der Waals surface area contributed by atoms with Crippen molar-refractivity contribution in [2.75, 3.05) is 13.7 Å². The van der Waals surface area contributed by atoms with Crippen LogP contribution >= 0.6 is 0 Å². The van der Waals surface area contributed by atoms with Crippen LogP contribution in [0.3, 0.4) is 0 Å². The second-order valence-electron chi connectivity index (χ2n) is 10.1. The number of nitrogens with zero attached hydrogens (tertiary/aromatic N) is 4. The summed E-state index contributed by atoms with van der Waals surface area (Å²) in [4.78, 5) is 21.3. The van der Waals surface area contributed by atoms with Crippen molar-refractivity contribution >= 4 is 17.0 Å². The number of carbonyl (C=O) groups is 1. The van der Waals surface area contributed by atoms with Gasteiger partial charge < -0.3 is 18.8 Å². The van der Waals surface area contributed by atoms with Gasteiger partial charge in [-0.15, -0.1) is 0 Å². The summed E-state index contributed by atoms with van der Waals surface area (Å²) in [6.45, 7) is 0.639. The zero-order chi connectivity index (χ0) is 29.2. The van der Waals surface area contributed by atoms with Crippen LogP contribution in [0.15, 0.2) is 66.7 Å². The minimum Gasteiger partial charge on any atom is -0.493 e. The number of esters is 1. The Morgan fingerprint density at radius 1 is 1.10 bits per heavy atom. The molecule has 1 aliphatic rings. The van der Waals surface area contributed by atoms with Crippen LogP contribution < -0.4 is 9.47 Å². The van der Waals surface area contributed by atoms with Gasteiger partial charge in [0.05, 0.1) is 47.6 Å². The molecule has 0 atom stereocenters. The SMILES string of the molecule is COC(=O)c1ccc2nc(Cc3cc(F)c4cc3OCCCc3cc(ccc3C#N)COc3cccc-4n3)n(C)c2c1. The summed E-state index contributed by atoms with van der Waals surface area (Å²) in [5, 5.41) is 9.60. The summed E-state index contributed by atoms with van der Waals surface area (Å²) >= 11 is 0. The first-order valence-corrected chi connectivity index (χ1v) is 13.5. The molecule has 0 amide bonds. The van der Waals surface area contributed by atoms with E-state index in [0.29, 0.717) is 76.8 Å². The first kappa shape index (κ1) is 27.0. The number of aromatic nitrogens is 3. The molecule has 0 radical (unpaired) electrons. The lowest BCUT2D eigenvalue weighted by atomic mass is 10.0. The van der Waals surface area contributed by atoms with Crippen LogP contribution in [0.1, 0.15) is 44.9 Å². The number of hydrogen-bond donors (Lipinski definition) is 0. The normalized spacial score (nSPS) is 12.8. The average molecular weight is 563 g/mol. The highest BCUT2D eigenvalue weighted by Gasteiger charge is 2.19. The van der Waals surface area contributed by atoms with Crippen LogP contribution in [0.4, 0.5) is 4.39 Å². The maximum atomic E-state index is 15.7. The lowest BCUT2D eigenvalue weighted by molar-refractivity contribution is 0.0601. The Labute approximate surface area is 241 Å². The van der Waals surface area contributed by atoms with Gasteiger partial charge in [0.15, 0.2) is 0 Å². The van der Waals surface area contributed by atoms with Crippen molar-refractivity contribution in [2.45, 2.75) is 25.9 Å². The smallest absolute Gasteiger partial charge is 0.337 e. The van der Waals surface area contributed by atoms with Crippen molar-refractivity contribution in [3.63, 3.8) is 0 Å². The zero-order valence-corrected chi connectivity index (χ0v) is 23.2. The maximum Gasteiger partial charge on any atom is 0.337 e. The van der Waals surface area contributed by atoms with Crippen LogP contribution in [-0.4, -0.2) is 34.2 Å². The van der Waals surface area contributed by atoms with Crippen molar-refractivity contribution in [2.24, 2.45) is 7.05 Å². The van der Waals surface area contributed by atoms with Crippen molar-refractivity contribution in [1.82, 2.24) is 14.5 Å². The highest BCUT2D eigenvalue weighted by molar-refractivity contribution is 5.93. The number of imidazole rings is 1. The lowest BCUT2D eigenvalue weighted by Crippen LogP contribution is -2.06. The molecule has 0 saturated carbocycles. The molecule has 9 heteroatoms. The largest absolute Gasteiger partial charge is 0.493 e. The van der Waals surface area contributed by atoms with E-state index in [9.17, 15) is 10.1 Å². The Bertz CT molecular complexity index is 1870. The molecule has 1 aliphatic heterocycles. The third-order valence-corrected chi connectivity index (χ3v) is 7.42. The molecule has 0 unspecified atom stereocenters. The van der Waals surface area contributed by atoms with Gasteiger partial charge in [0.25, 0.3) is 0 Å². The molecule has 5 aromatic rings. The van der Waals surface area contributed by atoms with E-state index in [4.69, 9.17) is 19.2 Å².